The van der Waals surface area contributed by atoms with Gasteiger partial charge in [-0.3, -0.25) is 4.98 Å². The molecule has 18 heavy (non-hydrogen) atoms. The number of aromatic nitrogens is 1. The Hall–Kier alpha value is -1.78. The van der Waals surface area contributed by atoms with E-state index in [1.165, 1.54) is 20.8 Å². The Bertz CT molecular complexity index is 776. The molecular weight excluding hydrogens is 230 g/mol. The van der Waals surface area contributed by atoms with E-state index in [2.05, 4.69) is 4.98 Å². The third kappa shape index (κ3) is 2.91. The number of aryl methyl sites for hydroxylation is 1. The molecule has 0 saturated heterocycles. The quantitative estimate of drug-likeness (QED) is 0.771. The fourth-order valence-electron chi connectivity index (χ4n) is 1.21. The average Bonchev–Trinajstić information content (AvgIpc) is 2.39. The first-order chi connectivity index (χ1) is 11.5. The minimum atomic E-state index is -3.21. The summed E-state index contributed by atoms with van der Waals surface area (Å²) in [6.45, 7) is -1.73. The molecule has 1 aromatic rings. The molecule has 2 rings (SSSR count). The van der Waals surface area contributed by atoms with Crippen LogP contribution in [0.3, 0.4) is 0 Å². The lowest BCUT2D eigenvalue weighted by atomic mass is 10.1. The number of nitrogen functional groups attached to an aromatic ring is 1. The van der Waals surface area contributed by atoms with Gasteiger partial charge >= 0.3 is 6.09 Å². The van der Waals surface area contributed by atoms with Crippen LogP contribution in [0.15, 0.2) is 12.2 Å². The van der Waals surface area contributed by atoms with Crippen LogP contribution in [0.5, 0.6) is 0 Å². The lowest BCUT2D eigenvalue weighted by Crippen LogP contribution is -2.40. The molecule has 1 aromatic heterocycles. The third-order valence-electron chi connectivity index (χ3n) is 1.87. The molecule has 0 atom stereocenters. The third-order valence-corrected chi connectivity index (χ3v) is 1.87. The second kappa shape index (κ2) is 4.48. The number of pyridine rings is 1. The van der Waals surface area contributed by atoms with E-state index >= 15 is 0 Å². The van der Waals surface area contributed by atoms with Crippen molar-refractivity contribution in [2.24, 2.45) is 0 Å². The van der Waals surface area contributed by atoms with Gasteiger partial charge in [-0.25, -0.2) is 4.79 Å². The number of hydrogen-bond acceptors (Lipinski definition) is 4. The molecule has 2 N–H and O–H groups in total. The first-order valence-electron chi connectivity index (χ1n) is 9.27. The summed E-state index contributed by atoms with van der Waals surface area (Å²) in [6.07, 6.45) is -5.13. The molecule has 0 aromatic carbocycles. The number of anilines is 1. The predicted octanol–water partition coefficient (Wildman–Crippen LogP) is 1.96. The maximum atomic E-state index is 12.5. The molecule has 5 nitrogen and oxygen atoms in total. The summed E-state index contributed by atoms with van der Waals surface area (Å²) < 4.78 is 69.6. The van der Waals surface area contributed by atoms with E-state index in [9.17, 15) is 4.79 Å². The lowest BCUT2D eigenvalue weighted by Gasteiger charge is -2.30. The predicted molar refractivity (Wildman–Crippen MR) is 69.0 cm³/mol. The van der Waals surface area contributed by atoms with Crippen molar-refractivity contribution in [3.63, 3.8) is 0 Å². The van der Waals surface area contributed by atoms with Crippen molar-refractivity contribution in [2.45, 2.75) is 39.2 Å². The van der Waals surface area contributed by atoms with Crippen LogP contribution in [-0.2, 0) is 17.6 Å². The summed E-state index contributed by atoms with van der Waals surface area (Å²) in [7, 11) is 0. The maximum absolute atomic E-state index is 12.5. The van der Waals surface area contributed by atoms with Gasteiger partial charge in [-0.05, 0) is 32.4 Å². The summed E-state index contributed by atoms with van der Waals surface area (Å²) in [6, 6.07) is -0.724. The van der Waals surface area contributed by atoms with Crippen LogP contribution in [0.1, 0.15) is 43.0 Å². The molecule has 0 unspecified atom stereocenters. The minimum Gasteiger partial charge on any atom is -0.444 e. The zero-order valence-corrected chi connectivity index (χ0v) is 10.3. The van der Waals surface area contributed by atoms with Crippen LogP contribution in [-0.4, -0.2) is 28.1 Å². The number of carbonyl (C=O) groups is 1. The SMILES string of the molecule is [2H]c1nc2c(c([2H])c1N)C([2H])([2H])N(C(=O)OC(C)(C)C)C([2H])([2H])C2([2H])[2H]. The van der Waals surface area contributed by atoms with E-state index in [1.54, 1.807) is 0 Å². The zero-order chi connectivity index (χ0) is 20.5. The smallest absolute Gasteiger partial charge is 0.410 e. The molecule has 1 aliphatic rings. The van der Waals surface area contributed by atoms with E-state index in [0.29, 0.717) is 0 Å². The molecule has 1 aliphatic heterocycles. The van der Waals surface area contributed by atoms with Crippen molar-refractivity contribution in [1.29, 1.82) is 0 Å². The highest BCUT2D eigenvalue weighted by Gasteiger charge is 2.26. The van der Waals surface area contributed by atoms with Gasteiger partial charge < -0.3 is 15.4 Å². The van der Waals surface area contributed by atoms with Crippen LogP contribution < -0.4 is 5.73 Å². The Labute approximate surface area is 118 Å². The van der Waals surface area contributed by atoms with Crippen molar-refractivity contribution in [3.8, 4) is 0 Å². The Morgan fingerprint density at radius 3 is 3.06 bits per heavy atom. The lowest BCUT2D eigenvalue weighted by molar-refractivity contribution is 0.0223. The number of hydrogen-bond donors (Lipinski definition) is 1. The Morgan fingerprint density at radius 2 is 2.39 bits per heavy atom. The standard InChI is InChI=1S/C13H19N3O2/c1-13(2,3)18-12(17)16-5-4-11-9(8-16)6-10(14)7-15-11/h6-7H,4-5,8,14H2,1-3H3/i4D2,5D2,6D,7D,8D2. The van der Waals surface area contributed by atoms with Gasteiger partial charge in [0.05, 0.1) is 23.8 Å². The second-order valence-electron chi connectivity index (χ2n) is 4.65. The van der Waals surface area contributed by atoms with Crippen LogP contribution in [0, 0.1) is 0 Å². The van der Waals surface area contributed by atoms with Gasteiger partial charge in [0.15, 0.2) is 0 Å². The summed E-state index contributed by atoms with van der Waals surface area (Å²) in [5, 5.41) is 0. The van der Waals surface area contributed by atoms with Gasteiger partial charge in [0, 0.05) is 24.0 Å². The maximum Gasteiger partial charge on any atom is 0.410 e. The number of ether oxygens (including phenoxy) is 1. The topological polar surface area (TPSA) is 68.5 Å². The Balaban J connectivity index is 2.83. The molecule has 0 aliphatic carbocycles. The number of nitrogens with two attached hydrogens (primary N) is 1. The number of fused-ring (bicyclic) bond motifs is 1. The summed E-state index contributed by atoms with van der Waals surface area (Å²) >= 11 is 0. The highest BCUT2D eigenvalue weighted by Crippen LogP contribution is 2.21. The highest BCUT2D eigenvalue weighted by molar-refractivity contribution is 5.68. The van der Waals surface area contributed by atoms with E-state index in [4.69, 9.17) is 21.4 Å². The van der Waals surface area contributed by atoms with Gasteiger partial charge in [0.1, 0.15) is 5.60 Å². The molecule has 0 saturated carbocycles. The molecule has 98 valence electrons. The molecular formula is C13H19N3O2. The molecule has 0 fully saturated rings. The molecule has 5 heteroatoms. The molecule has 0 spiro atoms. The van der Waals surface area contributed by atoms with Crippen LogP contribution in [0.25, 0.3) is 0 Å². The number of rotatable bonds is 0. The molecule has 0 radical (unpaired) electrons. The van der Waals surface area contributed by atoms with E-state index in [-0.39, 0.29) is 4.90 Å². The van der Waals surface area contributed by atoms with Crippen molar-refractivity contribution >= 4 is 11.8 Å². The van der Waals surface area contributed by atoms with Crippen LogP contribution in [0.4, 0.5) is 10.5 Å². The number of carbonyl (C=O) groups excluding carboxylic acids is 1. The fraction of sp³-hybridized carbons (Fsp3) is 0.538. The van der Waals surface area contributed by atoms with Crippen molar-refractivity contribution in [1.82, 2.24) is 9.88 Å². The van der Waals surface area contributed by atoms with E-state index < -0.39 is 60.2 Å². The Kier molecular flexibility index (Phi) is 1.47. The normalized spacial score (nSPS) is 30.1. The average molecular weight is 257 g/mol. The Morgan fingerprint density at radius 1 is 1.67 bits per heavy atom. The first kappa shape index (κ1) is 5.91. The molecule has 1 amide bonds. The van der Waals surface area contributed by atoms with Gasteiger partial charge in [0.2, 0.25) is 0 Å². The van der Waals surface area contributed by atoms with Gasteiger partial charge in [-0.15, -0.1) is 0 Å². The van der Waals surface area contributed by atoms with Crippen LogP contribution >= 0.6 is 0 Å². The van der Waals surface area contributed by atoms with E-state index in [1.807, 2.05) is 0 Å². The summed E-state index contributed by atoms with van der Waals surface area (Å²) in [4.78, 5) is 16.1. The first-order valence-corrected chi connectivity index (χ1v) is 5.27. The van der Waals surface area contributed by atoms with Crippen molar-refractivity contribution in [2.75, 3.05) is 12.2 Å². The number of amides is 1. The number of nitrogens with zero attached hydrogens (tertiary/aromatic N) is 2. The van der Waals surface area contributed by atoms with Gasteiger partial charge in [-0.2, -0.15) is 0 Å². The second-order valence-corrected chi connectivity index (χ2v) is 4.65. The van der Waals surface area contributed by atoms with Crippen molar-refractivity contribution in [3.05, 3.63) is 23.5 Å². The largest absolute Gasteiger partial charge is 0.444 e. The van der Waals surface area contributed by atoms with Crippen molar-refractivity contribution < 1.29 is 20.5 Å². The molecule has 0 bridgehead atoms. The highest BCUT2D eigenvalue weighted by atomic mass is 16.6. The zero-order valence-electron chi connectivity index (χ0n) is 18.3. The van der Waals surface area contributed by atoms with E-state index in [0.717, 1.165) is 0 Å². The molecule has 2 heterocycles. The summed E-state index contributed by atoms with van der Waals surface area (Å²) in [5.74, 6) is 0. The van der Waals surface area contributed by atoms with Gasteiger partial charge in [-0.1, -0.05) is 0 Å². The van der Waals surface area contributed by atoms with Crippen LogP contribution in [0.2, 0.25) is 0 Å². The monoisotopic (exact) mass is 257 g/mol. The van der Waals surface area contributed by atoms with Gasteiger partial charge in [0.25, 0.3) is 0 Å². The summed E-state index contributed by atoms with van der Waals surface area (Å²) in [5.41, 5.74) is 2.46. The minimum absolute atomic E-state index is 0.0175. The fourth-order valence-corrected chi connectivity index (χ4v) is 1.21.